The van der Waals surface area contributed by atoms with Gasteiger partial charge in [0.15, 0.2) is 5.76 Å². The fourth-order valence-corrected chi connectivity index (χ4v) is 1.79. The lowest BCUT2D eigenvalue weighted by molar-refractivity contribution is -0.122. The van der Waals surface area contributed by atoms with Crippen LogP contribution < -0.4 is 15.4 Å². The molecule has 1 atom stereocenters. The molecular formula is C15H18FN3O3. The van der Waals surface area contributed by atoms with Crippen LogP contribution in [0, 0.1) is 5.82 Å². The Morgan fingerprint density at radius 2 is 2.27 bits per heavy atom. The molecular weight excluding hydrogens is 289 g/mol. The van der Waals surface area contributed by atoms with Crippen molar-refractivity contribution in [2.45, 2.75) is 26.1 Å². The number of carbonyl (C=O) groups excluding carboxylic acids is 1. The number of rotatable bonds is 7. The quantitative estimate of drug-likeness (QED) is 0.813. The van der Waals surface area contributed by atoms with Crippen LogP contribution in [0.3, 0.4) is 0 Å². The second-order valence-corrected chi connectivity index (χ2v) is 4.77. The van der Waals surface area contributed by atoms with E-state index in [1.54, 1.807) is 32.2 Å². The van der Waals surface area contributed by atoms with Gasteiger partial charge < -0.3 is 14.6 Å². The van der Waals surface area contributed by atoms with Crippen molar-refractivity contribution in [2.24, 2.45) is 0 Å². The minimum absolute atomic E-state index is 0.109. The molecule has 1 aromatic carbocycles. The van der Waals surface area contributed by atoms with Crippen molar-refractivity contribution >= 4 is 5.91 Å². The third-order valence-electron chi connectivity index (χ3n) is 3.04. The number of halogens is 1. The molecule has 0 aliphatic carbocycles. The van der Waals surface area contributed by atoms with Gasteiger partial charge in [0.25, 0.3) is 5.88 Å². The van der Waals surface area contributed by atoms with Crippen molar-refractivity contribution in [1.82, 2.24) is 15.8 Å². The van der Waals surface area contributed by atoms with Crippen LogP contribution in [0.1, 0.15) is 18.2 Å². The number of hydrogen-bond donors (Lipinski definition) is 2. The van der Waals surface area contributed by atoms with E-state index in [2.05, 4.69) is 15.8 Å². The van der Waals surface area contributed by atoms with Gasteiger partial charge in [-0.05, 0) is 29.8 Å². The van der Waals surface area contributed by atoms with Gasteiger partial charge in [-0.25, -0.2) is 4.39 Å². The summed E-state index contributed by atoms with van der Waals surface area (Å²) in [5.41, 5.74) is 0.705. The normalized spacial score (nSPS) is 12.0. The van der Waals surface area contributed by atoms with E-state index in [1.807, 2.05) is 0 Å². The fraction of sp³-hybridized carbons (Fsp3) is 0.333. The molecule has 0 spiro atoms. The Morgan fingerprint density at radius 1 is 1.45 bits per heavy atom. The Hall–Kier alpha value is -2.41. The number of likely N-dealkylation sites (N-methyl/N-ethyl adjacent to an activating group) is 1. The molecule has 1 unspecified atom stereocenters. The first kappa shape index (κ1) is 16.0. The van der Waals surface area contributed by atoms with Crippen LogP contribution in [-0.2, 0) is 17.9 Å². The molecule has 2 aromatic rings. The molecule has 2 N–H and O–H groups in total. The highest BCUT2D eigenvalue weighted by Crippen LogP contribution is 2.14. The Morgan fingerprint density at radius 3 is 3.00 bits per heavy atom. The predicted molar refractivity (Wildman–Crippen MR) is 77.6 cm³/mol. The number of ether oxygens (including phenoxy) is 1. The average molecular weight is 307 g/mol. The van der Waals surface area contributed by atoms with Crippen molar-refractivity contribution in [2.75, 3.05) is 7.05 Å². The van der Waals surface area contributed by atoms with Gasteiger partial charge in [0.2, 0.25) is 5.91 Å². The Balaban J connectivity index is 1.82. The molecule has 22 heavy (non-hydrogen) atoms. The van der Waals surface area contributed by atoms with Crippen LogP contribution in [0.15, 0.2) is 34.9 Å². The number of benzene rings is 1. The van der Waals surface area contributed by atoms with Gasteiger partial charge in [0.05, 0.1) is 12.6 Å². The van der Waals surface area contributed by atoms with E-state index in [0.29, 0.717) is 23.7 Å². The molecule has 6 nitrogen and oxygen atoms in total. The van der Waals surface area contributed by atoms with Gasteiger partial charge in [-0.2, -0.15) is 0 Å². The third kappa shape index (κ3) is 4.56. The van der Waals surface area contributed by atoms with Gasteiger partial charge in [-0.1, -0.05) is 12.1 Å². The van der Waals surface area contributed by atoms with E-state index < -0.39 is 0 Å². The lowest BCUT2D eigenvalue weighted by atomic mass is 10.2. The lowest BCUT2D eigenvalue weighted by Gasteiger charge is -2.09. The molecule has 1 aromatic heterocycles. The number of nitrogens with zero attached hydrogens (tertiary/aromatic N) is 1. The molecule has 7 heteroatoms. The second kappa shape index (κ2) is 7.56. The lowest BCUT2D eigenvalue weighted by Crippen LogP contribution is -2.40. The molecule has 0 saturated heterocycles. The summed E-state index contributed by atoms with van der Waals surface area (Å²) >= 11 is 0. The third-order valence-corrected chi connectivity index (χ3v) is 3.04. The molecule has 118 valence electrons. The zero-order chi connectivity index (χ0) is 15.9. The van der Waals surface area contributed by atoms with Crippen LogP contribution in [0.4, 0.5) is 4.39 Å². The van der Waals surface area contributed by atoms with E-state index in [9.17, 15) is 9.18 Å². The highest BCUT2D eigenvalue weighted by Gasteiger charge is 2.12. The van der Waals surface area contributed by atoms with Crippen molar-refractivity contribution in [3.8, 4) is 5.88 Å². The van der Waals surface area contributed by atoms with E-state index in [4.69, 9.17) is 9.26 Å². The van der Waals surface area contributed by atoms with E-state index >= 15 is 0 Å². The summed E-state index contributed by atoms with van der Waals surface area (Å²) in [6.45, 7) is 2.30. The summed E-state index contributed by atoms with van der Waals surface area (Å²) in [4.78, 5) is 11.3. The highest BCUT2D eigenvalue weighted by molar-refractivity contribution is 5.80. The van der Waals surface area contributed by atoms with E-state index in [0.717, 1.165) is 0 Å². The van der Waals surface area contributed by atoms with Crippen LogP contribution in [0.25, 0.3) is 0 Å². The van der Waals surface area contributed by atoms with Crippen molar-refractivity contribution in [3.05, 3.63) is 47.5 Å². The molecule has 1 heterocycles. The Labute approximate surface area is 127 Å². The van der Waals surface area contributed by atoms with Gasteiger partial charge >= 0.3 is 0 Å². The largest absolute Gasteiger partial charge is 0.471 e. The predicted octanol–water partition coefficient (Wildman–Crippen LogP) is 1.62. The van der Waals surface area contributed by atoms with Crippen molar-refractivity contribution in [3.63, 3.8) is 0 Å². The number of nitrogens with one attached hydrogen (secondary N) is 2. The van der Waals surface area contributed by atoms with Crippen LogP contribution in [0.5, 0.6) is 5.88 Å². The second-order valence-electron chi connectivity index (χ2n) is 4.77. The SMILES string of the molecule is CNC(=O)C(C)NCc1cc(OCc2cccc(F)c2)no1. The highest BCUT2D eigenvalue weighted by atomic mass is 19.1. The molecule has 0 aliphatic heterocycles. The minimum Gasteiger partial charge on any atom is -0.471 e. The number of amides is 1. The van der Waals surface area contributed by atoms with Gasteiger partial charge in [-0.15, -0.1) is 0 Å². The maximum absolute atomic E-state index is 13.0. The summed E-state index contributed by atoms with van der Waals surface area (Å²) < 4.78 is 23.6. The first-order valence-electron chi connectivity index (χ1n) is 6.86. The maximum atomic E-state index is 13.0. The summed E-state index contributed by atoms with van der Waals surface area (Å²) in [5.74, 6) is 0.440. The van der Waals surface area contributed by atoms with E-state index in [1.165, 1.54) is 12.1 Å². The zero-order valence-electron chi connectivity index (χ0n) is 12.4. The molecule has 1 amide bonds. The van der Waals surface area contributed by atoms with Gasteiger partial charge in [-0.3, -0.25) is 10.1 Å². The van der Waals surface area contributed by atoms with Crippen LogP contribution >= 0.6 is 0 Å². The molecule has 0 radical (unpaired) electrons. The summed E-state index contributed by atoms with van der Waals surface area (Å²) in [6, 6.07) is 7.43. The molecule has 0 bridgehead atoms. The smallest absolute Gasteiger partial charge is 0.254 e. The number of carbonyl (C=O) groups is 1. The standard InChI is InChI=1S/C15H18FN3O3/c1-10(15(20)17-2)18-8-13-7-14(19-22-13)21-9-11-4-3-5-12(16)6-11/h3-7,10,18H,8-9H2,1-2H3,(H,17,20). The topological polar surface area (TPSA) is 76.4 Å². The molecule has 2 rings (SSSR count). The first-order valence-corrected chi connectivity index (χ1v) is 6.86. The number of hydrogen-bond acceptors (Lipinski definition) is 5. The van der Waals surface area contributed by atoms with E-state index in [-0.39, 0.29) is 24.4 Å². The fourth-order valence-electron chi connectivity index (χ4n) is 1.79. The molecule has 0 aliphatic rings. The van der Waals surface area contributed by atoms with Crippen molar-refractivity contribution < 1.29 is 18.4 Å². The Kier molecular flexibility index (Phi) is 5.48. The Bertz CT molecular complexity index is 630. The van der Waals surface area contributed by atoms with Crippen LogP contribution in [-0.4, -0.2) is 24.2 Å². The monoisotopic (exact) mass is 307 g/mol. The van der Waals surface area contributed by atoms with Gasteiger partial charge in [0, 0.05) is 13.1 Å². The number of aromatic nitrogens is 1. The van der Waals surface area contributed by atoms with Crippen LogP contribution in [0.2, 0.25) is 0 Å². The summed E-state index contributed by atoms with van der Waals surface area (Å²) in [6.07, 6.45) is 0. The maximum Gasteiger partial charge on any atom is 0.254 e. The van der Waals surface area contributed by atoms with Crippen molar-refractivity contribution in [1.29, 1.82) is 0 Å². The summed E-state index contributed by atoms with van der Waals surface area (Å²) in [5, 5.41) is 9.30. The van der Waals surface area contributed by atoms with Gasteiger partial charge in [0.1, 0.15) is 12.4 Å². The molecule has 0 fully saturated rings. The molecule has 0 saturated carbocycles. The minimum atomic E-state index is -0.341. The summed E-state index contributed by atoms with van der Waals surface area (Å²) in [7, 11) is 1.58. The first-order chi connectivity index (χ1) is 10.6. The average Bonchev–Trinajstić information content (AvgIpc) is 2.98. The zero-order valence-corrected chi connectivity index (χ0v) is 12.4.